The van der Waals surface area contributed by atoms with Gasteiger partial charge in [0.05, 0.1) is 24.1 Å². The van der Waals surface area contributed by atoms with Crippen molar-refractivity contribution in [3.05, 3.63) is 52.5 Å². The van der Waals surface area contributed by atoms with Gasteiger partial charge in [-0.1, -0.05) is 23.7 Å². The number of methoxy groups -OCH3 is 1. The number of sulfonamides is 1. The van der Waals surface area contributed by atoms with E-state index in [1.54, 1.807) is 24.3 Å². The number of carbonyl (C=O) groups is 1. The second-order valence-electron chi connectivity index (χ2n) is 6.56. The summed E-state index contributed by atoms with van der Waals surface area (Å²) in [6.07, 6.45) is 1.74. The molecular formula is C20H25ClN2O4S. The lowest BCUT2D eigenvalue weighted by Gasteiger charge is -2.24. The summed E-state index contributed by atoms with van der Waals surface area (Å²) >= 11 is 6.05. The standard InChI is InChI=1S/C20H25ClN2O4S/c1-14-7-5-8-18(15(14)2)23(28(4,25)26)12-6-9-20(24)22-16-10-11-19(27-3)17(21)13-16/h5,7-8,10-11,13H,6,9,12H2,1-4H3,(H,22,24). The topological polar surface area (TPSA) is 75.7 Å². The Morgan fingerprint density at radius 1 is 1.21 bits per heavy atom. The molecular weight excluding hydrogens is 400 g/mol. The molecule has 0 saturated carbocycles. The summed E-state index contributed by atoms with van der Waals surface area (Å²) in [5.41, 5.74) is 3.13. The maximum Gasteiger partial charge on any atom is 0.232 e. The summed E-state index contributed by atoms with van der Waals surface area (Å²) in [7, 11) is -1.94. The molecule has 0 unspecified atom stereocenters. The third kappa shape index (κ3) is 5.62. The average Bonchev–Trinajstić information content (AvgIpc) is 2.61. The van der Waals surface area contributed by atoms with E-state index in [9.17, 15) is 13.2 Å². The summed E-state index contributed by atoms with van der Waals surface area (Å²) in [5.74, 6) is 0.313. The van der Waals surface area contributed by atoms with Crippen LogP contribution in [-0.4, -0.2) is 34.2 Å². The van der Waals surface area contributed by atoms with Crippen LogP contribution in [0.1, 0.15) is 24.0 Å². The van der Waals surface area contributed by atoms with E-state index < -0.39 is 10.0 Å². The number of anilines is 2. The molecule has 0 atom stereocenters. The summed E-state index contributed by atoms with van der Waals surface area (Å²) in [6.45, 7) is 4.05. The maximum atomic E-state index is 12.3. The van der Waals surface area contributed by atoms with E-state index in [-0.39, 0.29) is 18.9 Å². The van der Waals surface area contributed by atoms with Crippen LogP contribution in [0.3, 0.4) is 0 Å². The Morgan fingerprint density at radius 2 is 1.93 bits per heavy atom. The number of rotatable bonds is 8. The molecule has 0 heterocycles. The number of hydrogen-bond acceptors (Lipinski definition) is 4. The lowest BCUT2D eigenvalue weighted by Crippen LogP contribution is -2.32. The molecule has 0 radical (unpaired) electrons. The first kappa shape index (κ1) is 22.0. The van der Waals surface area contributed by atoms with Crippen molar-refractivity contribution in [2.24, 2.45) is 0 Å². The number of hydrogen-bond donors (Lipinski definition) is 1. The minimum atomic E-state index is -3.46. The Balaban J connectivity index is 2.01. The van der Waals surface area contributed by atoms with E-state index in [1.165, 1.54) is 17.7 Å². The molecule has 0 saturated heterocycles. The van der Waals surface area contributed by atoms with Crippen LogP contribution >= 0.6 is 11.6 Å². The first-order valence-corrected chi connectivity index (χ1v) is 11.0. The van der Waals surface area contributed by atoms with E-state index in [1.807, 2.05) is 26.0 Å². The Hall–Kier alpha value is -2.25. The van der Waals surface area contributed by atoms with Crippen LogP contribution in [0.4, 0.5) is 11.4 Å². The van der Waals surface area contributed by atoms with Crippen molar-refractivity contribution in [1.82, 2.24) is 0 Å². The highest BCUT2D eigenvalue weighted by molar-refractivity contribution is 7.92. The van der Waals surface area contributed by atoms with E-state index in [4.69, 9.17) is 16.3 Å². The normalized spacial score (nSPS) is 11.2. The molecule has 2 aromatic carbocycles. The van der Waals surface area contributed by atoms with Crippen molar-refractivity contribution >= 4 is 38.9 Å². The van der Waals surface area contributed by atoms with Crippen LogP contribution in [0.5, 0.6) is 5.75 Å². The van der Waals surface area contributed by atoms with Crippen LogP contribution in [0.15, 0.2) is 36.4 Å². The molecule has 2 aromatic rings. The molecule has 6 nitrogen and oxygen atoms in total. The lowest BCUT2D eigenvalue weighted by molar-refractivity contribution is -0.116. The van der Waals surface area contributed by atoms with Gasteiger partial charge in [-0.15, -0.1) is 0 Å². The van der Waals surface area contributed by atoms with Crippen molar-refractivity contribution < 1.29 is 17.9 Å². The molecule has 2 rings (SSSR count). The molecule has 0 aliphatic carbocycles. The van der Waals surface area contributed by atoms with Crippen molar-refractivity contribution in [2.75, 3.05) is 29.5 Å². The van der Waals surface area contributed by atoms with Gasteiger partial charge in [0.15, 0.2) is 0 Å². The van der Waals surface area contributed by atoms with Crippen molar-refractivity contribution in [3.63, 3.8) is 0 Å². The molecule has 0 bridgehead atoms. The fourth-order valence-corrected chi connectivity index (χ4v) is 4.10. The number of halogens is 1. The minimum Gasteiger partial charge on any atom is -0.495 e. The number of carbonyl (C=O) groups excluding carboxylic acids is 1. The first-order chi connectivity index (χ1) is 13.1. The molecule has 0 spiro atoms. The van der Waals surface area contributed by atoms with E-state index in [0.29, 0.717) is 28.6 Å². The highest BCUT2D eigenvalue weighted by Gasteiger charge is 2.20. The van der Waals surface area contributed by atoms with E-state index in [2.05, 4.69) is 5.32 Å². The number of aryl methyl sites for hydroxylation is 1. The average molecular weight is 425 g/mol. The number of amides is 1. The van der Waals surface area contributed by atoms with Gasteiger partial charge < -0.3 is 10.1 Å². The SMILES string of the molecule is COc1ccc(NC(=O)CCCN(c2cccc(C)c2C)S(C)(=O)=O)cc1Cl. The highest BCUT2D eigenvalue weighted by Crippen LogP contribution is 2.28. The Labute approximate surface area is 171 Å². The Kier molecular flexibility index (Phi) is 7.32. The summed E-state index contributed by atoms with van der Waals surface area (Å²) in [5, 5.41) is 3.16. The molecule has 1 N–H and O–H groups in total. The number of ether oxygens (including phenoxy) is 1. The number of nitrogens with one attached hydrogen (secondary N) is 1. The highest BCUT2D eigenvalue weighted by atomic mass is 35.5. The Bertz CT molecular complexity index is 961. The van der Waals surface area contributed by atoms with E-state index >= 15 is 0 Å². The summed E-state index contributed by atoms with van der Waals surface area (Å²) in [4.78, 5) is 12.2. The van der Waals surface area contributed by atoms with Gasteiger partial charge in [0.1, 0.15) is 5.75 Å². The molecule has 1 amide bonds. The largest absolute Gasteiger partial charge is 0.495 e. The van der Waals surface area contributed by atoms with Crippen LogP contribution < -0.4 is 14.4 Å². The van der Waals surface area contributed by atoms with Crippen LogP contribution in [0.25, 0.3) is 0 Å². The van der Waals surface area contributed by atoms with Crippen LogP contribution in [0, 0.1) is 13.8 Å². The summed E-state index contributed by atoms with van der Waals surface area (Å²) < 4.78 is 31.0. The van der Waals surface area contributed by atoms with Gasteiger partial charge >= 0.3 is 0 Å². The van der Waals surface area contributed by atoms with E-state index in [0.717, 1.165) is 11.1 Å². The third-order valence-electron chi connectivity index (χ3n) is 4.45. The quantitative estimate of drug-likeness (QED) is 0.690. The molecule has 8 heteroatoms. The van der Waals surface area contributed by atoms with Crippen molar-refractivity contribution in [1.29, 1.82) is 0 Å². The molecule has 0 aromatic heterocycles. The second-order valence-corrected chi connectivity index (χ2v) is 8.87. The number of benzene rings is 2. The first-order valence-electron chi connectivity index (χ1n) is 8.81. The fraction of sp³-hybridized carbons (Fsp3) is 0.350. The van der Waals surface area contributed by atoms with Crippen LogP contribution in [-0.2, 0) is 14.8 Å². The molecule has 152 valence electrons. The van der Waals surface area contributed by atoms with Gasteiger partial charge in [-0.25, -0.2) is 8.42 Å². The van der Waals surface area contributed by atoms with Crippen molar-refractivity contribution in [2.45, 2.75) is 26.7 Å². The predicted molar refractivity (Wildman–Crippen MR) is 114 cm³/mol. The molecule has 0 aliphatic heterocycles. The lowest BCUT2D eigenvalue weighted by atomic mass is 10.1. The molecule has 0 aliphatic rings. The Morgan fingerprint density at radius 3 is 2.54 bits per heavy atom. The fourth-order valence-electron chi connectivity index (χ4n) is 2.82. The molecule has 28 heavy (non-hydrogen) atoms. The second kappa shape index (κ2) is 9.30. The summed E-state index contributed by atoms with van der Waals surface area (Å²) in [6, 6.07) is 10.5. The minimum absolute atomic E-state index is 0.181. The third-order valence-corrected chi connectivity index (χ3v) is 5.92. The smallest absolute Gasteiger partial charge is 0.232 e. The zero-order chi connectivity index (χ0) is 20.9. The maximum absolute atomic E-state index is 12.3. The monoisotopic (exact) mass is 424 g/mol. The van der Waals surface area contributed by atoms with Gasteiger partial charge in [0.2, 0.25) is 15.9 Å². The van der Waals surface area contributed by atoms with Gasteiger partial charge in [-0.3, -0.25) is 9.10 Å². The predicted octanol–water partition coefficient (Wildman–Crippen LogP) is 4.15. The van der Waals surface area contributed by atoms with Gasteiger partial charge in [0, 0.05) is 18.7 Å². The zero-order valence-electron chi connectivity index (χ0n) is 16.5. The van der Waals surface area contributed by atoms with Crippen molar-refractivity contribution in [3.8, 4) is 5.75 Å². The van der Waals surface area contributed by atoms with Gasteiger partial charge in [0.25, 0.3) is 0 Å². The van der Waals surface area contributed by atoms with Crippen LogP contribution in [0.2, 0.25) is 5.02 Å². The van der Waals surface area contributed by atoms with Gasteiger partial charge in [-0.05, 0) is 55.7 Å². The number of nitrogens with zero attached hydrogens (tertiary/aromatic N) is 1. The zero-order valence-corrected chi connectivity index (χ0v) is 18.0. The van der Waals surface area contributed by atoms with Gasteiger partial charge in [-0.2, -0.15) is 0 Å². The molecule has 0 fully saturated rings.